The van der Waals surface area contributed by atoms with Gasteiger partial charge in [-0.3, -0.25) is 0 Å². The van der Waals surface area contributed by atoms with E-state index in [1.54, 1.807) is 0 Å². The van der Waals surface area contributed by atoms with Crippen molar-refractivity contribution < 1.29 is 0 Å². The Morgan fingerprint density at radius 3 is 2.69 bits per heavy atom. The van der Waals surface area contributed by atoms with Crippen LogP contribution < -0.4 is 0 Å². The number of rotatable bonds is 5. The first-order valence-corrected chi connectivity index (χ1v) is 5.48. The maximum Gasteiger partial charge on any atom is 0.0257 e. The third kappa shape index (κ3) is 5.74. The number of hydrogen-bond donors (Lipinski definition) is 0. The van der Waals surface area contributed by atoms with Gasteiger partial charge in [-0.25, -0.2) is 0 Å². The molecule has 0 aliphatic rings. The van der Waals surface area contributed by atoms with Gasteiger partial charge < -0.3 is 0 Å². The molecule has 0 bridgehead atoms. The van der Waals surface area contributed by atoms with Crippen molar-refractivity contribution in [3.63, 3.8) is 0 Å². The highest BCUT2D eigenvalue weighted by Crippen LogP contribution is 2.00. The van der Waals surface area contributed by atoms with Crippen molar-refractivity contribution in [2.75, 3.05) is 6.54 Å². The van der Waals surface area contributed by atoms with Gasteiger partial charge in [0, 0.05) is 23.4 Å². The monoisotopic (exact) mass is 213 g/mol. The van der Waals surface area contributed by atoms with E-state index in [1.807, 2.05) is 30.3 Å². The van der Waals surface area contributed by atoms with Crippen LogP contribution in [0.3, 0.4) is 0 Å². The van der Waals surface area contributed by atoms with Crippen molar-refractivity contribution in [1.82, 2.24) is 0 Å². The number of benzene rings is 1. The molecule has 16 heavy (non-hydrogen) atoms. The van der Waals surface area contributed by atoms with Crippen LogP contribution >= 0.6 is 0 Å². The Morgan fingerprint density at radius 1 is 1.12 bits per heavy atom. The molecule has 0 fully saturated rings. The summed E-state index contributed by atoms with van der Waals surface area (Å²) in [6.07, 6.45) is 4.01. The zero-order chi connectivity index (χ0) is 11.5. The summed E-state index contributed by atoms with van der Waals surface area (Å²) >= 11 is 0. The van der Waals surface area contributed by atoms with Crippen molar-refractivity contribution in [3.05, 3.63) is 46.3 Å². The van der Waals surface area contributed by atoms with Crippen LogP contribution in [0.1, 0.15) is 31.2 Å². The topological polar surface area (TPSA) is 48.8 Å². The Balaban J connectivity index is 2.12. The molecule has 1 rings (SSSR count). The first-order chi connectivity index (χ1) is 7.93. The molecule has 0 radical (unpaired) electrons. The quantitative estimate of drug-likeness (QED) is 0.234. The first-order valence-electron chi connectivity index (χ1n) is 5.48. The molecule has 0 aromatic heterocycles. The van der Waals surface area contributed by atoms with Gasteiger partial charge in [-0.15, -0.1) is 0 Å². The van der Waals surface area contributed by atoms with Gasteiger partial charge in [-0.2, -0.15) is 0 Å². The number of nitrogens with zero attached hydrogens (tertiary/aromatic N) is 3. The standard InChI is InChI=1S/C13H15N3/c14-16-15-12-8-3-1-2-5-9-13-10-6-4-7-11-13/h4,6-7,10-11H,1-3,8,12H2. The SMILES string of the molecule is [N-]=[N+]=NCCCCCC#Cc1ccccc1. The molecule has 0 aliphatic carbocycles. The van der Waals surface area contributed by atoms with Crippen molar-refractivity contribution in [2.45, 2.75) is 25.7 Å². The summed E-state index contributed by atoms with van der Waals surface area (Å²) in [6, 6.07) is 9.98. The second-order valence-electron chi connectivity index (χ2n) is 3.43. The number of hydrogen-bond acceptors (Lipinski definition) is 1. The van der Waals surface area contributed by atoms with Crippen LogP contribution in [0.5, 0.6) is 0 Å². The molecular formula is C13H15N3. The Morgan fingerprint density at radius 2 is 1.94 bits per heavy atom. The van der Waals surface area contributed by atoms with Crippen molar-refractivity contribution in [2.24, 2.45) is 5.11 Å². The third-order valence-electron chi connectivity index (χ3n) is 2.13. The van der Waals surface area contributed by atoms with Crippen LogP contribution in [0.15, 0.2) is 35.4 Å². The second-order valence-corrected chi connectivity index (χ2v) is 3.43. The molecule has 0 saturated carbocycles. The molecule has 0 N–H and O–H groups in total. The van der Waals surface area contributed by atoms with E-state index in [1.165, 1.54) is 0 Å². The minimum absolute atomic E-state index is 0.600. The van der Waals surface area contributed by atoms with E-state index in [4.69, 9.17) is 5.53 Å². The maximum absolute atomic E-state index is 8.07. The predicted octanol–water partition coefficient (Wildman–Crippen LogP) is 3.91. The zero-order valence-corrected chi connectivity index (χ0v) is 9.26. The van der Waals surface area contributed by atoms with Crippen molar-refractivity contribution in [1.29, 1.82) is 0 Å². The summed E-state index contributed by atoms with van der Waals surface area (Å²) in [4.78, 5) is 2.71. The Labute approximate surface area is 96.1 Å². The van der Waals surface area contributed by atoms with Crippen LogP contribution in [-0.4, -0.2) is 6.54 Å². The minimum atomic E-state index is 0.600. The fourth-order valence-corrected chi connectivity index (χ4v) is 1.30. The van der Waals surface area contributed by atoms with Gasteiger partial charge in [0.2, 0.25) is 0 Å². The average Bonchev–Trinajstić information content (AvgIpc) is 2.34. The van der Waals surface area contributed by atoms with Crippen molar-refractivity contribution in [3.8, 4) is 11.8 Å². The molecule has 82 valence electrons. The van der Waals surface area contributed by atoms with Gasteiger partial charge in [0.05, 0.1) is 0 Å². The van der Waals surface area contributed by atoms with E-state index in [0.29, 0.717) is 6.54 Å². The normalized spacial score (nSPS) is 8.75. The molecule has 0 spiro atoms. The summed E-state index contributed by atoms with van der Waals surface area (Å²) in [5.74, 6) is 6.25. The molecule has 0 saturated heterocycles. The van der Waals surface area contributed by atoms with Gasteiger partial charge in [-0.1, -0.05) is 41.6 Å². The summed E-state index contributed by atoms with van der Waals surface area (Å²) in [6.45, 7) is 0.600. The zero-order valence-electron chi connectivity index (χ0n) is 9.26. The number of azide groups is 1. The second kappa shape index (κ2) is 8.40. The molecule has 1 aromatic rings. The molecule has 0 aliphatic heterocycles. The fourth-order valence-electron chi connectivity index (χ4n) is 1.30. The van der Waals surface area contributed by atoms with E-state index in [0.717, 1.165) is 31.2 Å². The van der Waals surface area contributed by atoms with E-state index in [9.17, 15) is 0 Å². The average molecular weight is 213 g/mol. The van der Waals surface area contributed by atoms with Gasteiger partial charge >= 0.3 is 0 Å². The Hall–Kier alpha value is -1.91. The molecule has 0 heterocycles. The Kier molecular flexibility index (Phi) is 6.39. The predicted molar refractivity (Wildman–Crippen MR) is 65.8 cm³/mol. The van der Waals surface area contributed by atoms with Crippen LogP contribution in [-0.2, 0) is 0 Å². The molecule has 0 unspecified atom stereocenters. The minimum Gasteiger partial charge on any atom is -0.0979 e. The van der Waals surface area contributed by atoms with Gasteiger partial charge in [0.15, 0.2) is 0 Å². The summed E-state index contributed by atoms with van der Waals surface area (Å²) in [5, 5.41) is 3.48. The fraction of sp³-hybridized carbons (Fsp3) is 0.385. The lowest BCUT2D eigenvalue weighted by molar-refractivity contribution is 0.700. The lowest BCUT2D eigenvalue weighted by Crippen LogP contribution is -1.80. The van der Waals surface area contributed by atoms with Crippen LogP contribution in [0, 0.1) is 11.8 Å². The molecule has 0 amide bonds. The van der Waals surface area contributed by atoms with E-state index >= 15 is 0 Å². The lowest BCUT2D eigenvalue weighted by Gasteiger charge is -1.92. The maximum atomic E-state index is 8.07. The summed E-state index contributed by atoms with van der Waals surface area (Å²) in [5.41, 5.74) is 9.14. The highest BCUT2D eigenvalue weighted by molar-refractivity contribution is 5.33. The van der Waals surface area contributed by atoms with Crippen LogP contribution in [0.25, 0.3) is 10.4 Å². The number of unbranched alkanes of at least 4 members (excludes halogenated alkanes) is 3. The van der Waals surface area contributed by atoms with E-state index < -0.39 is 0 Å². The molecule has 3 heteroatoms. The van der Waals surface area contributed by atoms with Gasteiger partial charge in [0.1, 0.15) is 0 Å². The smallest absolute Gasteiger partial charge is 0.0257 e. The molecule has 0 atom stereocenters. The van der Waals surface area contributed by atoms with Crippen LogP contribution in [0.2, 0.25) is 0 Å². The summed E-state index contributed by atoms with van der Waals surface area (Å²) in [7, 11) is 0. The van der Waals surface area contributed by atoms with Gasteiger partial charge in [0.25, 0.3) is 0 Å². The first kappa shape index (κ1) is 12.2. The highest BCUT2D eigenvalue weighted by Gasteiger charge is 1.86. The molecule has 1 aromatic carbocycles. The molecular weight excluding hydrogens is 198 g/mol. The van der Waals surface area contributed by atoms with Gasteiger partial charge in [-0.05, 0) is 30.5 Å². The van der Waals surface area contributed by atoms with Crippen molar-refractivity contribution >= 4 is 0 Å². The molecule has 3 nitrogen and oxygen atoms in total. The van der Waals surface area contributed by atoms with E-state index in [2.05, 4.69) is 21.9 Å². The van der Waals surface area contributed by atoms with E-state index in [-0.39, 0.29) is 0 Å². The van der Waals surface area contributed by atoms with Crippen LogP contribution in [0.4, 0.5) is 0 Å². The Bertz CT molecular complexity index is 394. The summed E-state index contributed by atoms with van der Waals surface area (Å²) < 4.78 is 0. The third-order valence-corrected chi connectivity index (χ3v) is 2.13. The largest absolute Gasteiger partial charge is 0.0979 e. The lowest BCUT2D eigenvalue weighted by atomic mass is 10.2. The highest BCUT2D eigenvalue weighted by atomic mass is 15.1.